The van der Waals surface area contributed by atoms with Crippen LogP contribution in [0.3, 0.4) is 0 Å². The summed E-state index contributed by atoms with van der Waals surface area (Å²) in [5.74, 6) is 0. The minimum absolute atomic E-state index is 0.897. The molecule has 0 spiro atoms. The molecule has 0 fully saturated rings. The minimum Gasteiger partial charge on any atom is -0.455 e. The number of thiophene rings is 1. The van der Waals surface area contributed by atoms with Crippen LogP contribution in [-0.2, 0) is 0 Å². The highest BCUT2D eigenvalue weighted by Gasteiger charge is 2.13. The first-order chi connectivity index (χ1) is 13.9. The van der Waals surface area contributed by atoms with Crippen LogP contribution < -0.4 is 0 Å². The van der Waals surface area contributed by atoms with E-state index in [-0.39, 0.29) is 0 Å². The largest absolute Gasteiger partial charge is 0.455 e. The van der Waals surface area contributed by atoms with Gasteiger partial charge in [-0.3, -0.25) is 4.98 Å². The van der Waals surface area contributed by atoms with Gasteiger partial charge in [-0.15, -0.1) is 11.3 Å². The predicted octanol–water partition coefficient (Wildman–Crippen LogP) is 7.53. The first-order valence-electron chi connectivity index (χ1n) is 9.22. The number of furan rings is 1. The van der Waals surface area contributed by atoms with Crippen LogP contribution in [0.15, 0.2) is 95.5 Å². The van der Waals surface area contributed by atoms with Crippen molar-refractivity contribution < 1.29 is 4.42 Å². The summed E-state index contributed by atoms with van der Waals surface area (Å²) >= 11 is 1.78. The van der Waals surface area contributed by atoms with Gasteiger partial charge in [0.25, 0.3) is 0 Å². The summed E-state index contributed by atoms with van der Waals surface area (Å²) in [6.07, 6.45) is 1.98. The van der Waals surface area contributed by atoms with Gasteiger partial charge in [0.1, 0.15) is 11.2 Å². The topological polar surface area (TPSA) is 26.0 Å². The maximum absolute atomic E-state index is 6.19. The third kappa shape index (κ3) is 2.37. The lowest BCUT2D eigenvalue weighted by Crippen LogP contribution is -1.83. The molecule has 0 aliphatic heterocycles. The van der Waals surface area contributed by atoms with Gasteiger partial charge in [-0.1, -0.05) is 60.7 Å². The summed E-state index contributed by atoms with van der Waals surface area (Å²) in [5.41, 5.74) is 5.02. The Morgan fingerprint density at radius 3 is 2.50 bits per heavy atom. The first kappa shape index (κ1) is 15.6. The first-order valence-corrected chi connectivity index (χ1v) is 10.0. The molecule has 0 amide bonds. The Kier molecular flexibility index (Phi) is 3.37. The normalized spacial score (nSPS) is 11.6. The SMILES string of the molecule is c1ccc(-c2cc3cc(-c4cccc5c4oc4ccccc45)ncc3s2)cc1. The Morgan fingerprint density at radius 2 is 1.57 bits per heavy atom. The van der Waals surface area contributed by atoms with E-state index in [0.717, 1.165) is 33.2 Å². The van der Waals surface area contributed by atoms with E-state index in [1.54, 1.807) is 11.3 Å². The van der Waals surface area contributed by atoms with Gasteiger partial charge in [0.05, 0.1) is 10.4 Å². The fraction of sp³-hybridized carbons (Fsp3) is 0. The zero-order chi connectivity index (χ0) is 18.5. The standard InChI is InChI=1S/C25H15NOS/c1-2-7-16(8-3-1)23-14-17-13-21(26-15-24(17)28-23)20-11-6-10-19-18-9-4-5-12-22(18)27-25(19)20/h1-15H. The van der Waals surface area contributed by atoms with Gasteiger partial charge >= 0.3 is 0 Å². The van der Waals surface area contributed by atoms with E-state index < -0.39 is 0 Å². The summed E-state index contributed by atoms with van der Waals surface area (Å²) in [5, 5.41) is 3.48. The van der Waals surface area contributed by atoms with Gasteiger partial charge in [-0.2, -0.15) is 0 Å². The Balaban J connectivity index is 1.55. The molecule has 28 heavy (non-hydrogen) atoms. The number of rotatable bonds is 2. The molecular weight excluding hydrogens is 362 g/mol. The van der Waals surface area contributed by atoms with E-state index in [0.29, 0.717) is 0 Å². The number of nitrogens with zero attached hydrogens (tertiary/aromatic N) is 1. The monoisotopic (exact) mass is 377 g/mol. The van der Waals surface area contributed by atoms with Crippen LogP contribution in [0, 0.1) is 0 Å². The third-order valence-electron chi connectivity index (χ3n) is 5.14. The highest BCUT2D eigenvalue weighted by molar-refractivity contribution is 7.22. The summed E-state index contributed by atoms with van der Waals surface area (Å²) in [4.78, 5) is 6.02. The number of fused-ring (bicyclic) bond motifs is 4. The molecule has 0 N–H and O–H groups in total. The molecule has 0 aliphatic carbocycles. The quantitative estimate of drug-likeness (QED) is 0.312. The van der Waals surface area contributed by atoms with Crippen LogP contribution in [0.1, 0.15) is 0 Å². The Morgan fingerprint density at radius 1 is 0.750 bits per heavy atom. The van der Waals surface area contributed by atoms with Gasteiger partial charge in [-0.05, 0) is 35.2 Å². The number of para-hydroxylation sites is 2. The van der Waals surface area contributed by atoms with Crippen LogP contribution >= 0.6 is 11.3 Å². The lowest BCUT2D eigenvalue weighted by Gasteiger charge is -2.02. The molecule has 3 heterocycles. The molecule has 0 unspecified atom stereocenters. The van der Waals surface area contributed by atoms with Crippen molar-refractivity contribution in [3.8, 4) is 21.7 Å². The van der Waals surface area contributed by atoms with Crippen LogP contribution in [0.5, 0.6) is 0 Å². The van der Waals surface area contributed by atoms with Crippen molar-refractivity contribution in [2.45, 2.75) is 0 Å². The fourth-order valence-corrected chi connectivity index (χ4v) is 4.80. The van der Waals surface area contributed by atoms with Crippen LogP contribution in [-0.4, -0.2) is 4.98 Å². The van der Waals surface area contributed by atoms with E-state index in [1.165, 1.54) is 20.5 Å². The summed E-state index contributed by atoms with van der Waals surface area (Å²) in [6.45, 7) is 0. The van der Waals surface area contributed by atoms with Gasteiger partial charge in [0, 0.05) is 27.4 Å². The van der Waals surface area contributed by atoms with Crippen LogP contribution in [0.25, 0.3) is 53.7 Å². The second-order valence-electron chi connectivity index (χ2n) is 6.86. The lowest BCUT2D eigenvalue weighted by atomic mass is 10.1. The van der Waals surface area contributed by atoms with Crippen molar-refractivity contribution in [1.82, 2.24) is 4.98 Å². The maximum Gasteiger partial charge on any atom is 0.144 e. The molecule has 132 valence electrons. The highest BCUT2D eigenvalue weighted by atomic mass is 32.1. The molecule has 6 aromatic rings. The fourth-order valence-electron chi connectivity index (χ4n) is 3.79. The predicted molar refractivity (Wildman–Crippen MR) is 118 cm³/mol. The Labute approximate surface area is 165 Å². The van der Waals surface area contributed by atoms with Crippen LogP contribution in [0.4, 0.5) is 0 Å². The van der Waals surface area contributed by atoms with Crippen molar-refractivity contribution in [3.05, 3.63) is 91.1 Å². The minimum atomic E-state index is 0.897. The Bertz CT molecular complexity index is 1460. The van der Waals surface area contributed by atoms with Gasteiger partial charge < -0.3 is 4.42 Å². The molecule has 3 aromatic heterocycles. The lowest BCUT2D eigenvalue weighted by molar-refractivity contribution is 0.670. The van der Waals surface area contributed by atoms with Crippen molar-refractivity contribution >= 4 is 43.4 Å². The van der Waals surface area contributed by atoms with E-state index in [1.807, 2.05) is 30.5 Å². The molecule has 0 bridgehead atoms. The molecule has 3 heteroatoms. The molecule has 6 rings (SSSR count). The Hall–Kier alpha value is -3.43. The molecule has 0 saturated carbocycles. The molecule has 2 nitrogen and oxygen atoms in total. The molecule has 0 atom stereocenters. The molecule has 0 saturated heterocycles. The van der Waals surface area contributed by atoms with E-state index >= 15 is 0 Å². The van der Waals surface area contributed by atoms with E-state index in [9.17, 15) is 0 Å². The number of hydrogen-bond acceptors (Lipinski definition) is 3. The van der Waals surface area contributed by atoms with Gasteiger partial charge in [0.2, 0.25) is 0 Å². The van der Waals surface area contributed by atoms with Gasteiger partial charge in [0.15, 0.2) is 0 Å². The number of pyridine rings is 1. The second kappa shape index (κ2) is 6.04. The summed E-state index contributed by atoms with van der Waals surface area (Å²) in [6, 6.07) is 29.4. The number of aromatic nitrogens is 1. The third-order valence-corrected chi connectivity index (χ3v) is 6.28. The van der Waals surface area contributed by atoms with Crippen LogP contribution in [0.2, 0.25) is 0 Å². The van der Waals surface area contributed by atoms with Gasteiger partial charge in [-0.25, -0.2) is 0 Å². The van der Waals surface area contributed by atoms with Crippen molar-refractivity contribution in [3.63, 3.8) is 0 Å². The average molecular weight is 377 g/mol. The van der Waals surface area contributed by atoms with E-state index in [4.69, 9.17) is 9.40 Å². The van der Waals surface area contributed by atoms with Crippen molar-refractivity contribution in [2.24, 2.45) is 0 Å². The second-order valence-corrected chi connectivity index (χ2v) is 7.95. The highest BCUT2D eigenvalue weighted by Crippen LogP contribution is 2.38. The number of benzene rings is 3. The smallest absolute Gasteiger partial charge is 0.144 e. The summed E-state index contributed by atoms with van der Waals surface area (Å²) in [7, 11) is 0. The van der Waals surface area contributed by atoms with Crippen molar-refractivity contribution in [1.29, 1.82) is 0 Å². The average Bonchev–Trinajstić information content (AvgIpc) is 3.35. The maximum atomic E-state index is 6.19. The zero-order valence-electron chi connectivity index (χ0n) is 14.9. The molecule has 0 radical (unpaired) electrons. The molecule has 0 aliphatic rings. The number of hydrogen-bond donors (Lipinski definition) is 0. The zero-order valence-corrected chi connectivity index (χ0v) is 15.7. The summed E-state index contributed by atoms with van der Waals surface area (Å²) < 4.78 is 7.38. The van der Waals surface area contributed by atoms with E-state index in [2.05, 4.69) is 60.7 Å². The molecular formula is C25H15NOS. The van der Waals surface area contributed by atoms with Crippen molar-refractivity contribution in [2.75, 3.05) is 0 Å². The molecule has 3 aromatic carbocycles.